The molecule has 1 aromatic rings. The number of hydrogen-bond acceptors (Lipinski definition) is 5. The summed E-state index contributed by atoms with van der Waals surface area (Å²) in [6.07, 6.45) is -0.529. The maximum Gasteiger partial charge on any atom is 0.119 e. The molecular formula is C14H23NO4. The lowest BCUT2D eigenvalue weighted by Crippen LogP contribution is -2.33. The Morgan fingerprint density at radius 1 is 1.16 bits per heavy atom. The molecule has 0 saturated heterocycles. The lowest BCUT2D eigenvalue weighted by Gasteiger charge is -2.13. The third-order valence-corrected chi connectivity index (χ3v) is 2.42. The van der Waals surface area contributed by atoms with Crippen molar-refractivity contribution in [2.75, 3.05) is 46.6 Å². The second-order valence-corrected chi connectivity index (χ2v) is 4.09. The van der Waals surface area contributed by atoms with Gasteiger partial charge in [-0.3, -0.25) is 0 Å². The van der Waals surface area contributed by atoms with Crippen molar-refractivity contribution >= 4 is 0 Å². The van der Waals surface area contributed by atoms with Crippen molar-refractivity contribution in [3.05, 3.63) is 30.3 Å². The molecule has 0 spiro atoms. The Hall–Kier alpha value is -1.14. The molecule has 1 unspecified atom stereocenters. The van der Waals surface area contributed by atoms with Crippen molar-refractivity contribution < 1.29 is 19.3 Å². The molecule has 1 atom stereocenters. The summed E-state index contributed by atoms with van der Waals surface area (Å²) in [7, 11) is 1.64. The number of nitrogens with one attached hydrogen (secondary N) is 1. The van der Waals surface area contributed by atoms with E-state index in [2.05, 4.69) is 5.32 Å². The predicted molar refractivity (Wildman–Crippen MR) is 73.5 cm³/mol. The lowest BCUT2D eigenvalue weighted by molar-refractivity contribution is 0.0679. The fourth-order valence-corrected chi connectivity index (χ4v) is 1.43. The van der Waals surface area contributed by atoms with Crippen LogP contribution in [0.4, 0.5) is 0 Å². The number of rotatable bonds is 11. The number of para-hydroxylation sites is 1. The summed E-state index contributed by atoms with van der Waals surface area (Å²) in [5.41, 5.74) is 0. The zero-order chi connectivity index (χ0) is 13.8. The van der Waals surface area contributed by atoms with Gasteiger partial charge in [0.1, 0.15) is 18.5 Å². The van der Waals surface area contributed by atoms with E-state index in [1.54, 1.807) is 7.11 Å². The molecule has 1 rings (SSSR count). The Morgan fingerprint density at radius 2 is 1.95 bits per heavy atom. The van der Waals surface area contributed by atoms with Crippen LogP contribution in [0.5, 0.6) is 5.75 Å². The Balaban J connectivity index is 1.95. The fraction of sp³-hybridized carbons (Fsp3) is 0.571. The second kappa shape index (κ2) is 10.8. The van der Waals surface area contributed by atoms with E-state index in [1.807, 2.05) is 30.3 Å². The number of ether oxygens (including phenoxy) is 3. The summed E-state index contributed by atoms with van der Waals surface area (Å²) in [6.45, 7) is 3.27. The van der Waals surface area contributed by atoms with E-state index in [0.29, 0.717) is 32.9 Å². The molecule has 0 bridgehead atoms. The van der Waals surface area contributed by atoms with Crippen LogP contribution < -0.4 is 10.1 Å². The predicted octanol–water partition coefficient (Wildman–Crippen LogP) is 0.679. The summed E-state index contributed by atoms with van der Waals surface area (Å²) in [5, 5.41) is 12.8. The molecular weight excluding hydrogens is 246 g/mol. The summed E-state index contributed by atoms with van der Waals surface area (Å²) in [4.78, 5) is 0. The Kier molecular flexibility index (Phi) is 9.01. The lowest BCUT2D eigenvalue weighted by atomic mass is 10.3. The number of benzene rings is 1. The molecule has 0 heterocycles. The van der Waals surface area contributed by atoms with Gasteiger partial charge in [0.15, 0.2) is 0 Å². The van der Waals surface area contributed by atoms with Gasteiger partial charge in [-0.05, 0) is 12.1 Å². The van der Waals surface area contributed by atoms with Crippen LogP contribution in [0.1, 0.15) is 0 Å². The largest absolute Gasteiger partial charge is 0.491 e. The first kappa shape index (κ1) is 15.9. The van der Waals surface area contributed by atoms with Gasteiger partial charge in [-0.2, -0.15) is 0 Å². The third-order valence-electron chi connectivity index (χ3n) is 2.42. The Morgan fingerprint density at radius 3 is 2.68 bits per heavy atom. The van der Waals surface area contributed by atoms with Gasteiger partial charge in [0.2, 0.25) is 0 Å². The summed E-state index contributed by atoms with van der Waals surface area (Å²) in [6, 6.07) is 9.46. The summed E-state index contributed by atoms with van der Waals surface area (Å²) < 4.78 is 15.6. The quantitative estimate of drug-likeness (QED) is 0.579. The second-order valence-electron chi connectivity index (χ2n) is 4.09. The van der Waals surface area contributed by atoms with E-state index < -0.39 is 6.10 Å². The summed E-state index contributed by atoms with van der Waals surface area (Å²) in [5.74, 6) is 0.768. The van der Waals surface area contributed by atoms with Gasteiger partial charge in [-0.15, -0.1) is 0 Å². The van der Waals surface area contributed by atoms with Gasteiger partial charge in [0.25, 0.3) is 0 Å². The van der Waals surface area contributed by atoms with E-state index in [-0.39, 0.29) is 6.61 Å². The third kappa shape index (κ3) is 8.56. The van der Waals surface area contributed by atoms with Crippen LogP contribution in [-0.4, -0.2) is 57.8 Å². The average Bonchev–Trinajstić information content (AvgIpc) is 2.45. The van der Waals surface area contributed by atoms with Crippen LogP contribution in [0, 0.1) is 0 Å². The Bertz CT molecular complexity index is 308. The SMILES string of the molecule is COCCOCCNCC(O)COc1ccccc1. The maximum atomic E-state index is 9.70. The van der Waals surface area contributed by atoms with Crippen molar-refractivity contribution in [2.24, 2.45) is 0 Å². The highest BCUT2D eigenvalue weighted by atomic mass is 16.5. The van der Waals surface area contributed by atoms with Crippen molar-refractivity contribution in [3.8, 4) is 5.75 Å². The standard InChI is InChI=1S/C14H23NO4/c1-17-9-10-18-8-7-15-11-13(16)12-19-14-5-3-2-4-6-14/h2-6,13,15-16H,7-12H2,1H3. The van der Waals surface area contributed by atoms with Crippen molar-refractivity contribution in [1.82, 2.24) is 5.32 Å². The van der Waals surface area contributed by atoms with Crippen LogP contribution in [0.3, 0.4) is 0 Å². The van der Waals surface area contributed by atoms with Crippen molar-refractivity contribution in [3.63, 3.8) is 0 Å². The molecule has 0 aliphatic carbocycles. The molecule has 0 aliphatic rings. The van der Waals surface area contributed by atoms with Crippen LogP contribution in [-0.2, 0) is 9.47 Å². The zero-order valence-corrected chi connectivity index (χ0v) is 11.4. The van der Waals surface area contributed by atoms with Gasteiger partial charge in [-0.1, -0.05) is 18.2 Å². The van der Waals surface area contributed by atoms with Crippen LogP contribution in [0.15, 0.2) is 30.3 Å². The highest BCUT2D eigenvalue weighted by Crippen LogP contribution is 2.08. The molecule has 0 fully saturated rings. The minimum Gasteiger partial charge on any atom is -0.491 e. The average molecular weight is 269 g/mol. The fourth-order valence-electron chi connectivity index (χ4n) is 1.43. The number of methoxy groups -OCH3 is 1. The van der Waals surface area contributed by atoms with Crippen molar-refractivity contribution in [1.29, 1.82) is 0 Å². The molecule has 0 saturated carbocycles. The van der Waals surface area contributed by atoms with E-state index in [9.17, 15) is 5.11 Å². The highest BCUT2D eigenvalue weighted by Gasteiger charge is 2.04. The molecule has 0 aromatic heterocycles. The first-order chi connectivity index (χ1) is 9.33. The van der Waals surface area contributed by atoms with Crippen LogP contribution in [0.2, 0.25) is 0 Å². The first-order valence-electron chi connectivity index (χ1n) is 6.46. The van der Waals surface area contributed by atoms with Crippen molar-refractivity contribution in [2.45, 2.75) is 6.10 Å². The summed E-state index contributed by atoms with van der Waals surface area (Å²) >= 11 is 0. The number of aliphatic hydroxyl groups excluding tert-OH is 1. The van der Waals surface area contributed by atoms with Gasteiger partial charge in [-0.25, -0.2) is 0 Å². The van der Waals surface area contributed by atoms with Gasteiger partial charge < -0.3 is 24.6 Å². The van der Waals surface area contributed by atoms with Crippen LogP contribution >= 0.6 is 0 Å². The molecule has 108 valence electrons. The number of hydrogen-bond donors (Lipinski definition) is 2. The van der Waals surface area contributed by atoms with E-state index in [0.717, 1.165) is 5.75 Å². The maximum absolute atomic E-state index is 9.70. The molecule has 5 heteroatoms. The molecule has 1 aromatic carbocycles. The number of aliphatic hydroxyl groups is 1. The molecule has 0 aliphatic heterocycles. The monoisotopic (exact) mass is 269 g/mol. The smallest absolute Gasteiger partial charge is 0.119 e. The molecule has 0 amide bonds. The normalized spacial score (nSPS) is 12.3. The minimum absolute atomic E-state index is 0.279. The minimum atomic E-state index is -0.529. The van der Waals surface area contributed by atoms with Gasteiger partial charge in [0, 0.05) is 20.2 Å². The van der Waals surface area contributed by atoms with E-state index >= 15 is 0 Å². The molecule has 0 radical (unpaired) electrons. The van der Waals surface area contributed by atoms with E-state index in [1.165, 1.54) is 0 Å². The zero-order valence-electron chi connectivity index (χ0n) is 11.4. The molecule has 5 nitrogen and oxygen atoms in total. The van der Waals surface area contributed by atoms with Gasteiger partial charge in [0.05, 0.1) is 19.8 Å². The molecule has 2 N–H and O–H groups in total. The van der Waals surface area contributed by atoms with Crippen LogP contribution in [0.25, 0.3) is 0 Å². The molecule has 19 heavy (non-hydrogen) atoms. The van der Waals surface area contributed by atoms with Gasteiger partial charge >= 0.3 is 0 Å². The highest BCUT2D eigenvalue weighted by molar-refractivity contribution is 5.20. The Labute approximate surface area is 114 Å². The first-order valence-corrected chi connectivity index (χ1v) is 6.46. The topological polar surface area (TPSA) is 60.0 Å². The van der Waals surface area contributed by atoms with E-state index in [4.69, 9.17) is 14.2 Å².